The Morgan fingerprint density at radius 2 is 2.24 bits per heavy atom. The number of carbonyl (C=O) groups is 2. The first-order valence-corrected chi connectivity index (χ1v) is 5.89. The van der Waals surface area contributed by atoms with Crippen molar-refractivity contribution in [2.24, 2.45) is 0 Å². The van der Waals surface area contributed by atoms with Crippen molar-refractivity contribution in [2.45, 2.75) is 45.3 Å². The van der Waals surface area contributed by atoms with E-state index < -0.39 is 11.6 Å². The van der Waals surface area contributed by atoms with Gasteiger partial charge in [0, 0.05) is 18.3 Å². The van der Waals surface area contributed by atoms with Crippen molar-refractivity contribution in [3.63, 3.8) is 0 Å². The van der Waals surface area contributed by atoms with Gasteiger partial charge in [-0.15, -0.1) is 0 Å². The summed E-state index contributed by atoms with van der Waals surface area (Å²) in [5, 5.41) is 2.72. The first-order chi connectivity index (χ1) is 7.87. The third-order valence-corrected chi connectivity index (χ3v) is 2.80. The number of nitrogens with zero attached hydrogens (tertiary/aromatic N) is 1. The fourth-order valence-corrected chi connectivity index (χ4v) is 2.20. The number of urea groups is 1. The van der Waals surface area contributed by atoms with Gasteiger partial charge in [0.15, 0.2) is 0 Å². The van der Waals surface area contributed by atoms with Crippen LogP contribution in [0.1, 0.15) is 33.6 Å². The van der Waals surface area contributed by atoms with E-state index in [1.807, 2.05) is 20.8 Å². The van der Waals surface area contributed by atoms with E-state index >= 15 is 0 Å². The van der Waals surface area contributed by atoms with Crippen LogP contribution in [-0.4, -0.2) is 35.1 Å². The van der Waals surface area contributed by atoms with Gasteiger partial charge in [-0.3, -0.25) is 0 Å². The van der Waals surface area contributed by atoms with Gasteiger partial charge in [-0.1, -0.05) is 0 Å². The normalized spacial score (nSPS) is 26.1. The van der Waals surface area contributed by atoms with E-state index in [4.69, 9.17) is 4.74 Å². The average Bonchev–Trinajstić information content (AvgIpc) is 2.69. The Morgan fingerprint density at radius 3 is 2.88 bits per heavy atom. The molecule has 0 aliphatic carbocycles. The average molecular weight is 238 g/mol. The molecule has 0 aromatic carbocycles. The molecule has 2 aliphatic heterocycles. The standard InChI is InChI=1S/C12H18N2O3/c1-12(2,3)17-10(15)7-8-9-5-4-6-14(9)11(16)13-8/h7,9H,4-6H2,1-3H3,(H,13,16)/b8-7+/t9-/m0/s1. The molecule has 1 atom stereocenters. The number of carbonyl (C=O) groups excluding carboxylic acids is 2. The molecule has 2 amide bonds. The van der Waals surface area contributed by atoms with Crippen molar-refractivity contribution in [3.8, 4) is 0 Å². The molecule has 2 aliphatic rings. The van der Waals surface area contributed by atoms with Crippen molar-refractivity contribution in [2.75, 3.05) is 6.54 Å². The van der Waals surface area contributed by atoms with Crippen LogP contribution in [0.4, 0.5) is 4.79 Å². The van der Waals surface area contributed by atoms with Gasteiger partial charge in [-0.05, 0) is 33.6 Å². The number of hydrogen-bond donors (Lipinski definition) is 1. The Bertz CT molecular complexity index is 382. The van der Waals surface area contributed by atoms with Crippen LogP contribution in [0.5, 0.6) is 0 Å². The molecule has 2 fully saturated rings. The second kappa shape index (κ2) is 4.05. The highest BCUT2D eigenvalue weighted by Gasteiger charge is 2.38. The molecule has 2 saturated heterocycles. The molecule has 0 radical (unpaired) electrons. The molecule has 0 saturated carbocycles. The first-order valence-electron chi connectivity index (χ1n) is 5.89. The third kappa shape index (κ3) is 2.60. The van der Waals surface area contributed by atoms with Crippen molar-refractivity contribution in [1.82, 2.24) is 10.2 Å². The summed E-state index contributed by atoms with van der Waals surface area (Å²) in [6, 6.07) is -0.0719. The zero-order valence-corrected chi connectivity index (χ0v) is 10.4. The molecule has 1 N–H and O–H groups in total. The molecule has 2 heterocycles. The van der Waals surface area contributed by atoms with Gasteiger partial charge < -0.3 is 15.0 Å². The first kappa shape index (κ1) is 12.0. The summed E-state index contributed by atoms with van der Waals surface area (Å²) in [6.07, 6.45) is 3.30. The lowest BCUT2D eigenvalue weighted by Gasteiger charge is -2.18. The Labute approximate surface area is 101 Å². The van der Waals surface area contributed by atoms with Crippen LogP contribution in [0, 0.1) is 0 Å². The van der Waals surface area contributed by atoms with Crippen molar-refractivity contribution < 1.29 is 14.3 Å². The van der Waals surface area contributed by atoms with Gasteiger partial charge in [-0.25, -0.2) is 9.59 Å². The summed E-state index contributed by atoms with van der Waals surface area (Å²) in [4.78, 5) is 25.0. The highest BCUT2D eigenvalue weighted by atomic mass is 16.6. The Balaban J connectivity index is 2.07. The zero-order chi connectivity index (χ0) is 12.6. The number of esters is 1. The number of fused-ring (bicyclic) bond motifs is 1. The number of ether oxygens (including phenoxy) is 1. The van der Waals surface area contributed by atoms with Crippen molar-refractivity contribution in [3.05, 3.63) is 11.8 Å². The summed E-state index contributed by atoms with van der Waals surface area (Å²) in [6.45, 7) is 6.22. The predicted molar refractivity (Wildman–Crippen MR) is 62.2 cm³/mol. The van der Waals surface area contributed by atoms with Crippen LogP contribution in [-0.2, 0) is 9.53 Å². The van der Waals surface area contributed by atoms with Gasteiger partial charge >= 0.3 is 12.0 Å². The van der Waals surface area contributed by atoms with E-state index in [1.165, 1.54) is 6.08 Å². The lowest BCUT2D eigenvalue weighted by molar-refractivity contribution is -0.148. The van der Waals surface area contributed by atoms with Gasteiger partial charge in [0.1, 0.15) is 5.60 Å². The maximum atomic E-state index is 11.6. The molecular weight excluding hydrogens is 220 g/mol. The monoisotopic (exact) mass is 238 g/mol. The number of nitrogens with one attached hydrogen (secondary N) is 1. The Kier molecular flexibility index (Phi) is 2.85. The molecule has 0 unspecified atom stereocenters. The lowest BCUT2D eigenvalue weighted by Crippen LogP contribution is -2.28. The van der Waals surface area contributed by atoms with E-state index in [1.54, 1.807) is 4.90 Å². The van der Waals surface area contributed by atoms with Crippen molar-refractivity contribution >= 4 is 12.0 Å². The number of hydrogen-bond acceptors (Lipinski definition) is 3. The minimum absolute atomic E-state index is 0.0371. The van der Waals surface area contributed by atoms with Gasteiger partial charge in [0.25, 0.3) is 0 Å². The minimum atomic E-state index is -0.508. The minimum Gasteiger partial charge on any atom is -0.457 e. The van der Waals surface area contributed by atoms with E-state index in [-0.39, 0.29) is 12.1 Å². The van der Waals surface area contributed by atoms with Gasteiger partial charge in [0.05, 0.1) is 6.04 Å². The van der Waals surface area contributed by atoms with Crippen LogP contribution < -0.4 is 5.32 Å². The Morgan fingerprint density at radius 1 is 1.53 bits per heavy atom. The van der Waals surface area contributed by atoms with E-state index in [9.17, 15) is 9.59 Å². The number of amides is 2. The topological polar surface area (TPSA) is 58.6 Å². The largest absolute Gasteiger partial charge is 0.457 e. The summed E-state index contributed by atoms with van der Waals surface area (Å²) >= 11 is 0. The highest BCUT2D eigenvalue weighted by Crippen LogP contribution is 2.27. The summed E-state index contributed by atoms with van der Waals surface area (Å²) in [5.74, 6) is -0.401. The van der Waals surface area contributed by atoms with Crippen LogP contribution in [0.15, 0.2) is 11.8 Å². The molecule has 0 spiro atoms. The maximum absolute atomic E-state index is 11.6. The summed E-state index contributed by atoms with van der Waals surface area (Å²) < 4.78 is 5.20. The lowest BCUT2D eigenvalue weighted by atomic mass is 10.1. The van der Waals surface area contributed by atoms with Crippen LogP contribution in [0.25, 0.3) is 0 Å². The molecule has 94 valence electrons. The fraction of sp³-hybridized carbons (Fsp3) is 0.667. The number of rotatable bonds is 1. The summed E-state index contributed by atoms with van der Waals surface area (Å²) in [7, 11) is 0. The second-order valence-electron chi connectivity index (χ2n) is 5.41. The van der Waals surface area contributed by atoms with E-state index in [2.05, 4.69) is 5.32 Å². The second-order valence-corrected chi connectivity index (χ2v) is 5.41. The molecule has 0 bridgehead atoms. The predicted octanol–water partition coefficient (Wildman–Crippen LogP) is 1.40. The smallest absolute Gasteiger partial charge is 0.333 e. The zero-order valence-electron chi connectivity index (χ0n) is 10.4. The van der Waals surface area contributed by atoms with Gasteiger partial charge in [-0.2, -0.15) is 0 Å². The molecule has 5 nitrogen and oxygen atoms in total. The van der Waals surface area contributed by atoms with E-state index in [0.29, 0.717) is 5.70 Å². The van der Waals surface area contributed by atoms with Gasteiger partial charge in [0.2, 0.25) is 0 Å². The van der Waals surface area contributed by atoms with Crippen LogP contribution >= 0.6 is 0 Å². The SMILES string of the molecule is CC(C)(C)OC(=O)/C=C1/NC(=O)N2CCC[C@@H]12. The highest BCUT2D eigenvalue weighted by molar-refractivity contribution is 5.88. The van der Waals surface area contributed by atoms with Crippen LogP contribution in [0.3, 0.4) is 0 Å². The van der Waals surface area contributed by atoms with Crippen LogP contribution in [0.2, 0.25) is 0 Å². The molecule has 17 heavy (non-hydrogen) atoms. The maximum Gasteiger partial charge on any atom is 0.333 e. The Hall–Kier alpha value is -1.52. The summed E-state index contributed by atoms with van der Waals surface area (Å²) in [5.41, 5.74) is 0.160. The molecular formula is C12H18N2O3. The molecule has 0 aromatic rings. The van der Waals surface area contributed by atoms with E-state index in [0.717, 1.165) is 19.4 Å². The molecule has 5 heteroatoms. The molecule has 2 rings (SSSR count). The van der Waals surface area contributed by atoms with Crippen molar-refractivity contribution in [1.29, 1.82) is 0 Å². The third-order valence-electron chi connectivity index (χ3n) is 2.80. The molecule has 0 aromatic heterocycles. The quantitative estimate of drug-likeness (QED) is 0.555. The fourth-order valence-electron chi connectivity index (χ4n) is 2.20.